The van der Waals surface area contributed by atoms with Gasteiger partial charge in [-0.15, -0.1) is 12.4 Å². The Bertz CT molecular complexity index is 408. The smallest absolute Gasteiger partial charge is 0.253 e. The number of rotatable bonds is 3. The van der Waals surface area contributed by atoms with E-state index < -0.39 is 0 Å². The molecule has 1 atom stereocenters. The van der Waals surface area contributed by atoms with E-state index in [4.69, 9.17) is 10.5 Å². The highest BCUT2D eigenvalue weighted by Crippen LogP contribution is 2.16. The second kappa shape index (κ2) is 7.36. The number of halogens is 1. The fourth-order valence-corrected chi connectivity index (χ4v) is 2.24. The number of carbonyl (C=O) groups is 1. The van der Waals surface area contributed by atoms with Gasteiger partial charge in [0, 0.05) is 24.7 Å². The monoisotopic (exact) mass is 284 g/mol. The van der Waals surface area contributed by atoms with E-state index in [9.17, 15) is 4.79 Å². The maximum atomic E-state index is 12.2. The molecule has 1 aliphatic heterocycles. The Morgan fingerprint density at radius 3 is 2.68 bits per heavy atom. The molecule has 0 spiro atoms. The lowest BCUT2D eigenvalue weighted by Gasteiger charge is -2.30. The van der Waals surface area contributed by atoms with Crippen molar-refractivity contribution in [3.8, 4) is 5.75 Å². The van der Waals surface area contributed by atoms with Crippen LogP contribution in [0.5, 0.6) is 5.75 Å². The Kier molecular flexibility index (Phi) is 6.12. The van der Waals surface area contributed by atoms with E-state index in [2.05, 4.69) is 0 Å². The van der Waals surface area contributed by atoms with Crippen LogP contribution in [0.2, 0.25) is 0 Å². The topological polar surface area (TPSA) is 55.6 Å². The van der Waals surface area contributed by atoms with Gasteiger partial charge in [-0.1, -0.05) is 0 Å². The number of nitrogens with two attached hydrogens (primary N) is 1. The summed E-state index contributed by atoms with van der Waals surface area (Å²) in [6.45, 7) is 4.04. The van der Waals surface area contributed by atoms with Crippen molar-refractivity contribution < 1.29 is 9.53 Å². The molecule has 0 saturated carbocycles. The van der Waals surface area contributed by atoms with Crippen LogP contribution < -0.4 is 10.5 Å². The van der Waals surface area contributed by atoms with Gasteiger partial charge in [0.05, 0.1) is 6.61 Å². The minimum Gasteiger partial charge on any atom is -0.494 e. The molecule has 0 aromatic heterocycles. The number of benzene rings is 1. The molecular formula is C14H21ClN2O2. The highest BCUT2D eigenvalue weighted by atomic mass is 35.5. The summed E-state index contributed by atoms with van der Waals surface area (Å²) in [5.41, 5.74) is 6.59. The summed E-state index contributed by atoms with van der Waals surface area (Å²) in [5, 5.41) is 0. The average molecular weight is 285 g/mol. The van der Waals surface area contributed by atoms with Crippen molar-refractivity contribution in [1.82, 2.24) is 4.90 Å². The summed E-state index contributed by atoms with van der Waals surface area (Å²) in [4.78, 5) is 14.1. The van der Waals surface area contributed by atoms with Crippen molar-refractivity contribution in [3.63, 3.8) is 0 Å². The van der Waals surface area contributed by atoms with Gasteiger partial charge in [0.2, 0.25) is 0 Å². The molecule has 1 aromatic carbocycles. The largest absolute Gasteiger partial charge is 0.494 e. The number of carbonyl (C=O) groups excluding carboxylic acids is 1. The first kappa shape index (κ1) is 15.8. The summed E-state index contributed by atoms with van der Waals surface area (Å²) < 4.78 is 5.36. The molecule has 0 aliphatic carbocycles. The molecular weight excluding hydrogens is 264 g/mol. The van der Waals surface area contributed by atoms with E-state index in [1.807, 2.05) is 36.1 Å². The predicted molar refractivity (Wildman–Crippen MR) is 78.0 cm³/mol. The Labute approximate surface area is 120 Å². The Morgan fingerprint density at radius 1 is 1.42 bits per heavy atom. The van der Waals surface area contributed by atoms with Gasteiger partial charge in [0.15, 0.2) is 0 Å². The molecule has 1 amide bonds. The van der Waals surface area contributed by atoms with Gasteiger partial charge in [0.1, 0.15) is 5.75 Å². The molecule has 1 fully saturated rings. The number of piperidine rings is 1. The molecule has 1 aliphatic rings. The van der Waals surface area contributed by atoms with Crippen molar-refractivity contribution in [2.75, 3.05) is 19.7 Å². The number of nitrogens with zero attached hydrogens (tertiary/aromatic N) is 1. The van der Waals surface area contributed by atoms with Crippen LogP contribution in [-0.2, 0) is 0 Å². The van der Waals surface area contributed by atoms with E-state index >= 15 is 0 Å². The molecule has 2 rings (SSSR count). The van der Waals surface area contributed by atoms with Crippen molar-refractivity contribution >= 4 is 18.3 Å². The molecule has 106 valence electrons. The molecule has 0 radical (unpaired) electrons. The van der Waals surface area contributed by atoms with Crippen LogP contribution in [0.1, 0.15) is 30.1 Å². The molecule has 1 aromatic rings. The van der Waals surface area contributed by atoms with Gasteiger partial charge < -0.3 is 15.4 Å². The number of hydrogen-bond donors (Lipinski definition) is 1. The van der Waals surface area contributed by atoms with E-state index in [0.717, 1.165) is 25.1 Å². The van der Waals surface area contributed by atoms with Gasteiger partial charge in [0.25, 0.3) is 5.91 Å². The first-order chi connectivity index (χ1) is 8.70. The van der Waals surface area contributed by atoms with Crippen LogP contribution in [0.25, 0.3) is 0 Å². The van der Waals surface area contributed by atoms with Crippen LogP contribution in [0.4, 0.5) is 0 Å². The fourth-order valence-electron chi connectivity index (χ4n) is 2.24. The first-order valence-corrected chi connectivity index (χ1v) is 6.48. The second-order valence-corrected chi connectivity index (χ2v) is 4.61. The Balaban J connectivity index is 0.00000180. The number of hydrogen-bond acceptors (Lipinski definition) is 3. The van der Waals surface area contributed by atoms with Crippen molar-refractivity contribution in [2.24, 2.45) is 5.73 Å². The number of likely N-dealkylation sites (tertiary alicyclic amines) is 1. The molecule has 1 heterocycles. The quantitative estimate of drug-likeness (QED) is 0.924. The molecule has 4 nitrogen and oxygen atoms in total. The average Bonchev–Trinajstić information content (AvgIpc) is 2.39. The predicted octanol–water partition coefficient (Wildman–Crippen LogP) is 2.07. The molecule has 1 unspecified atom stereocenters. The van der Waals surface area contributed by atoms with Crippen LogP contribution in [0, 0.1) is 0 Å². The molecule has 19 heavy (non-hydrogen) atoms. The molecule has 2 N–H and O–H groups in total. The van der Waals surface area contributed by atoms with Crippen LogP contribution in [0.15, 0.2) is 24.3 Å². The third kappa shape index (κ3) is 4.11. The maximum Gasteiger partial charge on any atom is 0.253 e. The first-order valence-electron chi connectivity index (χ1n) is 6.48. The lowest BCUT2D eigenvalue weighted by Crippen LogP contribution is -2.45. The van der Waals surface area contributed by atoms with E-state index in [1.54, 1.807) is 0 Å². The SMILES string of the molecule is CCOc1ccc(C(=O)N2CCCC(N)C2)cc1.Cl. The van der Waals surface area contributed by atoms with Gasteiger partial charge in [-0.2, -0.15) is 0 Å². The Hall–Kier alpha value is -1.26. The molecule has 0 bridgehead atoms. The zero-order chi connectivity index (χ0) is 13.0. The second-order valence-electron chi connectivity index (χ2n) is 4.61. The van der Waals surface area contributed by atoms with Crippen LogP contribution >= 0.6 is 12.4 Å². The summed E-state index contributed by atoms with van der Waals surface area (Å²) in [6.07, 6.45) is 2.00. The van der Waals surface area contributed by atoms with Crippen LogP contribution in [-0.4, -0.2) is 36.5 Å². The maximum absolute atomic E-state index is 12.2. The van der Waals surface area contributed by atoms with Crippen LogP contribution in [0.3, 0.4) is 0 Å². The summed E-state index contributed by atoms with van der Waals surface area (Å²) >= 11 is 0. The lowest BCUT2D eigenvalue weighted by atomic mass is 10.1. The normalized spacial score (nSPS) is 18.6. The van der Waals surface area contributed by atoms with Gasteiger partial charge >= 0.3 is 0 Å². The van der Waals surface area contributed by atoms with Crippen molar-refractivity contribution in [3.05, 3.63) is 29.8 Å². The van der Waals surface area contributed by atoms with Gasteiger partial charge in [-0.05, 0) is 44.0 Å². The van der Waals surface area contributed by atoms with E-state index in [1.165, 1.54) is 0 Å². The highest BCUT2D eigenvalue weighted by Gasteiger charge is 2.22. The third-order valence-electron chi connectivity index (χ3n) is 3.16. The number of ether oxygens (including phenoxy) is 1. The minimum absolute atomic E-state index is 0. The minimum atomic E-state index is 0. The van der Waals surface area contributed by atoms with Crippen molar-refractivity contribution in [2.45, 2.75) is 25.8 Å². The van der Waals surface area contributed by atoms with Crippen molar-refractivity contribution in [1.29, 1.82) is 0 Å². The third-order valence-corrected chi connectivity index (χ3v) is 3.16. The Morgan fingerprint density at radius 2 is 2.11 bits per heavy atom. The molecule has 1 saturated heterocycles. The molecule has 5 heteroatoms. The summed E-state index contributed by atoms with van der Waals surface area (Å²) in [5.74, 6) is 0.859. The zero-order valence-corrected chi connectivity index (χ0v) is 12.0. The summed E-state index contributed by atoms with van der Waals surface area (Å²) in [6, 6.07) is 7.41. The fraction of sp³-hybridized carbons (Fsp3) is 0.500. The lowest BCUT2D eigenvalue weighted by molar-refractivity contribution is 0.0709. The van der Waals surface area contributed by atoms with E-state index in [-0.39, 0.29) is 24.4 Å². The zero-order valence-electron chi connectivity index (χ0n) is 11.2. The highest BCUT2D eigenvalue weighted by molar-refractivity contribution is 5.94. The van der Waals surface area contributed by atoms with Gasteiger partial charge in [-0.3, -0.25) is 4.79 Å². The summed E-state index contributed by atoms with van der Waals surface area (Å²) in [7, 11) is 0. The standard InChI is InChI=1S/C14H20N2O2.ClH/c1-2-18-13-7-5-11(6-8-13)14(17)16-9-3-4-12(15)10-16;/h5-8,12H,2-4,9-10,15H2,1H3;1H. The number of amides is 1. The van der Waals surface area contributed by atoms with Gasteiger partial charge in [-0.25, -0.2) is 0 Å². The van der Waals surface area contributed by atoms with E-state index in [0.29, 0.717) is 18.7 Å².